The summed E-state index contributed by atoms with van der Waals surface area (Å²) in [5.74, 6) is 0.867. The SMILES string of the molecule is CCNC(=NCCS(C)(=O)=O)N1CCN(Cc2ccon2)CC1. The Kier molecular flexibility index (Phi) is 6.40. The lowest BCUT2D eigenvalue weighted by atomic mass is 10.3. The van der Waals surface area contributed by atoms with Crippen LogP contribution in [0, 0.1) is 0 Å². The molecule has 0 spiro atoms. The zero-order valence-corrected chi connectivity index (χ0v) is 14.5. The van der Waals surface area contributed by atoms with Gasteiger partial charge in [-0.1, -0.05) is 5.16 Å². The minimum absolute atomic E-state index is 0.0774. The highest BCUT2D eigenvalue weighted by Gasteiger charge is 2.20. The molecule has 1 aliphatic heterocycles. The Labute approximate surface area is 137 Å². The van der Waals surface area contributed by atoms with E-state index in [0.717, 1.165) is 50.9 Å². The van der Waals surface area contributed by atoms with Crippen LogP contribution in [0.5, 0.6) is 0 Å². The molecule has 0 unspecified atom stereocenters. The maximum Gasteiger partial charge on any atom is 0.194 e. The first-order valence-corrected chi connectivity index (χ1v) is 9.86. The van der Waals surface area contributed by atoms with E-state index in [-0.39, 0.29) is 5.75 Å². The van der Waals surface area contributed by atoms with Crippen molar-refractivity contribution in [1.82, 2.24) is 20.3 Å². The van der Waals surface area contributed by atoms with Gasteiger partial charge in [0.25, 0.3) is 0 Å². The predicted molar refractivity (Wildman–Crippen MR) is 89.0 cm³/mol. The van der Waals surface area contributed by atoms with Crippen LogP contribution in [0.1, 0.15) is 12.6 Å². The Morgan fingerprint density at radius 3 is 2.70 bits per heavy atom. The fourth-order valence-corrected chi connectivity index (χ4v) is 2.83. The zero-order chi connectivity index (χ0) is 16.7. The Morgan fingerprint density at radius 2 is 2.13 bits per heavy atom. The smallest absolute Gasteiger partial charge is 0.194 e. The molecule has 1 fully saturated rings. The number of hydrogen-bond donors (Lipinski definition) is 1. The van der Waals surface area contributed by atoms with Gasteiger partial charge < -0.3 is 14.7 Å². The van der Waals surface area contributed by atoms with E-state index in [0.29, 0.717) is 6.54 Å². The number of piperazine rings is 1. The van der Waals surface area contributed by atoms with Gasteiger partial charge in [-0.15, -0.1) is 0 Å². The third kappa shape index (κ3) is 6.19. The van der Waals surface area contributed by atoms with Crippen molar-refractivity contribution in [3.63, 3.8) is 0 Å². The van der Waals surface area contributed by atoms with Crippen molar-refractivity contribution in [3.05, 3.63) is 18.0 Å². The molecule has 0 saturated carbocycles. The van der Waals surface area contributed by atoms with Crippen LogP contribution in [-0.2, 0) is 16.4 Å². The van der Waals surface area contributed by atoms with Crippen LogP contribution in [0.25, 0.3) is 0 Å². The quantitative estimate of drug-likeness (QED) is 0.565. The maximum absolute atomic E-state index is 11.2. The van der Waals surface area contributed by atoms with Crippen LogP contribution < -0.4 is 5.32 Å². The molecule has 23 heavy (non-hydrogen) atoms. The summed E-state index contributed by atoms with van der Waals surface area (Å²) in [7, 11) is -2.98. The molecule has 0 radical (unpaired) electrons. The minimum Gasteiger partial charge on any atom is -0.364 e. The molecule has 0 aliphatic carbocycles. The first-order chi connectivity index (χ1) is 11.0. The number of sulfone groups is 1. The number of nitrogens with zero attached hydrogens (tertiary/aromatic N) is 4. The second kappa shape index (κ2) is 8.30. The van der Waals surface area contributed by atoms with Crippen LogP contribution in [0.15, 0.2) is 21.8 Å². The summed E-state index contributed by atoms with van der Waals surface area (Å²) in [6.07, 6.45) is 2.82. The van der Waals surface area contributed by atoms with Gasteiger partial charge in [-0.3, -0.25) is 9.89 Å². The summed E-state index contributed by atoms with van der Waals surface area (Å²) >= 11 is 0. The molecule has 2 rings (SSSR count). The largest absolute Gasteiger partial charge is 0.364 e. The molecule has 130 valence electrons. The van der Waals surface area contributed by atoms with Gasteiger partial charge in [-0.05, 0) is 6.92 Å². The van der Waals surface area contributed by atoms with Gasteiger partial charge in [0.2, 0.25) is 0 Å². The van der Waals surface area contributed by atoms with Gasteiger partial charge in [-0.25, -0.2) is 8.42 Å². The average molecular weight is 343 g/mol. The standard InChI is InChI=1S/C14H25N5O3S/c1-3-15-14(16-5-11-23(2,20)21)19-8-6-18(7-9-19)12-13-4-10-22-17-13/h4,10H,3,5-9,11-12H2,1-2H3,(H,15,16). The first-order valence-electron chi connectivity index (χ1n) is 7.80. The lowest BCUT2D eigenvalue weighted by Crippen LogP contribution is -2.52. The van der Waals surface area contributed by atoms with Crippen molar-refractivity contribution < 1.29 is 12.9 Å². The topological polar surface area (TPSA) is 91.0 Å². The Balaban J connectivity index is 1.85. The lowest BCUT2D eigenvalue weighted by Gasteiger charge is -2.36. The van der Waals surface area contributed by atoms with Crippen LogP contribution >= 0.6 is 0 Å². The summed E-state index contributed by atoms with van der Waals surface area (Å²) in [4.78, 5) is 8.92. The van der Waals surface area contributed by atoms with Gasteiger partial charge in [-0.2, -0.15) is 0 Å². The summed E-state index contributed by atoms with van der Waals surface area (Å²) in [5, 5.41) is 7.17. The highest BCUT2D eigenvalue weighted by Crippen LogP contribution is 2.07. The predicted octanol–water partition coefficient (Wildman–Crippen LogP) is -0.198. The Morgan fingerprint density at radius 1 is 1.39 bits per heavy atom. The van der Waals surface area contributed by atoms with Crippen LogP contribution in [0.4, 0.5) is 0 Å². The van der Waals surface area contributed by atoms with E-state index in [2.05, 4.69) is 25.3 Å². The van der Waals surface area contributed by atoms with E-state index in [1.54, 1.807) is 6.26 Å². The molecule has 1 aromatic heterocycles. The van der Waals surface area contributed by atoms with Gasteiger partial charge in [0, 0.05) is 51.6 Å². The number of aromatic nitrogens is 1. The number of nitrogens with one attached hydrogen (secondary N) is 1. The molecule has 0 aromatic carbocycles. The molecule has 1 aromatic rings. The van der Waals surface area contributed by atoms with Gasteiger partial charge in [0.15, 0.2) is 5.96 Å². The van der Waals surface area contributed by atoms with Gasteiger partial charge in [0.1, 0.15) is 16.1 Å². The van der Waals surface area contributed by atoms with Crippen molar-refractivity contribution in [2.24, 2.45) is 4.99 Å². The maximum atomic E-state index is 11.2. The molecule has 1 aliphatic rings. The second-order valence-corrected chi connectivity index (χ2v) is 7.88. The minimum atomic E-state index is -2.98. The Hall–Kier alpha value is -1.61. The molecule has 2 heterocycles. The van der Waals surface area contributed by atoms with Crippen molar-refractivity contribution in [2.75, 3.05) is 51.3 Å². The van der Waals surface area contributed by atoms with E-state index >= 15 is 0 Å². The molecule has 0 atom stereocenters. The second-order valence-electron chi connectivity index (χ2n) is 5.62. The molecule has 1 saturated heterocycles. The van der Waals surface area contributed by atoms with E-state index in [1.165, 1.54) is 6.26 Å². The molecular formula is C14H25N5O3S. The third-order valence-corrected chi connectivity index (χ3v) is 4.53. The van der Waals surface area contributed by atoms with E-state index in [1.807, 2.05) is 13.0 Å². The van der Waals surface area contributed by atoms with Crippen LogP contribution in [-0.4, -0.2) is 80.6 Å². The molecule has 1 N–H and O–H groups in total. The van der Waals surface area contributed by atoms with Crippen molar-refractivity contribution in [1.29, 1.82) is 0 Å². The van der Waals surface area contributed by atoms with E-state index < -0.39 is 9.84 Å². The third-order valence-electron chi connectivity index (χ3n) is 3.61. The summed E-state index contributed by atoms with van der Waals surface area (Å²) in [5.41, 5.74) is 0.937. The normalized spacial score (nSPS) is 17.5. The number of hydrogen-bond acceptors (Lipinski definition) is 6. The lowest BCUT2D eigenvalue weighted by molar-refractivity contribution is 0.169. The highest BCUT2D eigenvalue weighted by molar-refractivity contribution is 7.90. The average Bonchev–Trinajstić information content (AvgIpc) is 2.99. The monoisotopic (exact) mass is 343 g/mol. The summed E-state index contributed by atoms with van der Waals surface area (Å²) < 4.78 is 27.3. The fraction of sp³-hybridized carbons (Fsp3) is 0.714. The number of guanidine groups is 1. The van der Waals surface area contributed by atoms with Gasteiger partial charge in [0.05, 0.1) is 18.0 Å². The fourth-order valence-electron chi connectivity index (χ4n) is 2.41. The Bertz CT molecular complexity index is 592. The van der Waals surface area contributed by atoms with Crippen molar-refractivity contribution in [2.45, 2.75) is 13.5 Å². The molecule has 8 nitrogen and oxygen atoms in total. The number of aliphatic imine (C=N–C) groups is 1. The molecule has 0 bridgehead atoms. The summed E-state index contributed by atoms with van der Waals surface area (Å²) in [6, 6.07) is 1.88. The van der Waals surface area contributed by atoms with Crippen molar-refractivity contribution >= 4 is 15.8 Å². The molecule has 0 amide bonds. The van der Waals surface area contributed by atoms with Crippen LogP contribution in [0.3, 0.4) is 0 Å². The highest BCUT2D eigenvalue weighted by atomic mass is 32.2. The summed E-state index contributed by atoms with van der Waals surface area (Å²) in [6.45, 7) is 7.36. The zero-order valence-electron chi connectivity index (χ0n) is 13.7. The van der Waals surface area contributed by atoms with E-state index in [4.69, 9.17) is 4.52 Å². The molecule has 9 heteroatoms. The van der Waals surface area contributed by atoms with Crippen molar-refractivity contribution in [3.8, 4) is 0 Å². The van der Waals surface area contributed by atoms with Crippen LogP contribution in [0.2, 0.25) is 0 Å². The van der Waals surface area contributed by atoms with E-state index in [9.17, 15) is 8.42 Å². The first kappa shape index (κ1) is 17.7. The number of rotatable bonds is 6. The van der Waals surface area contributed by atoms with Gasteiger partial charge >= 0.3 is 0 Å². The molecular weight excluding hydrogens is 318 g/mol.